The molecule has 2 N–H and O–H groups in total. The molecule has 1 aromatic rings. The number of amidine groups is 1. The molecular formula is C18H28ClN3. The van der Waals surface area contributed by atoms with Gasteiger partial charge in [-0.2, -0.15) is 0 Å². The maximum Gasteiger partial charge on any atom is 0.123 e. The fourth-order valence-electron chi connectivity index (χ4n) is 1.98. The number of rotatable bonds is 6. The molecular weight excluding hydrogens is 294 g/mol. The molecule has 0 spiro atoms. The van der Waals surface area contributed by atoms with Crippen LogP contribution in [0.2, 0.25) is 5.02 Å². The van der Waals surface area contributed by atoms with Crippen molar-refractivity contribution < 1.29 is 0 Å². The quantitative estimate of drug-likeness (QED) is 0.598. The molecule has 0 saturated carbocycles. The molecule has 22 heavy (non-hydrogen) atoms. The fourth-order valence-corrected chi connectivity index (χ4v) is 2.10. The summed E-state index contributed by atoms with van der Waals surface area (Å²) in [6.45, 7) is 12.6. The first-order valence-corrected chi connectivity index (χ1v) is 8.24. The van der Waals surface area contributed by atoms with Crippen molar-refractivity contribution in [3.05, 3.63) is 40.9 Å². The molecule has 1 rings (SSSR count). The molecule has 0 aliphatic heterocycles. The highest BCUT2D eigenvalue weighted by molar-refractivity contribution is 6.30. The molecule has 0 bridgehead atoms. The first-order valence-electron chi connectivity index (χ1n) is 7.86. The molecule has 0 aliphatic carbocycles. The molecule has 3 nitrogen and oxygen atoms in total. The molecule has 4 heteroatoms. The van der Waals surface area contributed by atoms with Gasteiger partial charge in [0.05, 0.1) is 0 Å². The van der Waals surface area contributed by atoms with Crippen molar-refractivity contribution in [2.45, 2.75) is 59.7 Å². The van der Waals surface area contributed by atoms with E-state index in [4.69, 9.17) is 11.6 Å². The summed E-state index contributed by atoms with van der Waals surface area (Å²) >= 11 is 5.99. The zero-order chi connectivity index (χ0) is 16.7. The van der Waals surface area contributed by atoms with Gasteiger partial charge in [0.15, 0.2) is 0 Å². The van der Waals surface area contributed by atoms with Crippen molar-refractivity contribution in [1.82, 2.24) is 10.6 Å². The SMILES string of the molecule is CC(C)N=C(/C=C(\NC(C)C)c1ccc(Cl)cc1)NC(C)C. The second-order valence-electron chi connectivity index (χ2n) is 6.27. The van der Waals surface area contributed by atoms with Crippen LogP contribution in [0.1, 0.15) is 47.1 Å². The molecule has 0 amide bonds. The largest absolute Gasteiger partial charge is 0.382 e. The van der Waals surface area contributed by atoms with Crippen LogP contribution in [-0.4, -0.2) is 24.0 Å². The van der Waals surface area contributed by atoms with E-state index in [1.165, 1.54) is 0 Å². The highest BCUT2D eigenvalue weighted by atomic mass is 35.5. The van der Waals surface area contributed by atoms with Gasteiger partial charge >= 0.3 is 0 Å². The van der Waals surface area contributed by atoms with Crippen molar-refractivity contribution in [2.24, 2.45) is 4.99 Å². The van der Waals surface area contributed by atoms with E-state index in [1.807, 2.05) is 24.3 Å². The van der Waals surface area contributed by atoms with Crippen molar-refractivity contribution in [2.75, 3.05) is 0 Å². The van der Waals surface area contributed by atoms with E-state index < -0.39 is 0 Å². The summed E-state index contributed by atoms with van der Waals surface area (Å²) in [4.78, 5) is 4.67. The van der Waals surface area contributed by atoms with Gasteiger partial charge in [0.2, 0.25) is 0 Å². The zero-order valence-corrected chi connectivity index (χ0v) is 15.2. The van der Waals surface area contributed by atoms with E-state index in [0.717, 1.165) is 22.1 Å². The van der Waals surface area contributed by atoms with Crippen LogP contribution in [0.5, 0.6) is 0 Å². The van der Waals surface area contributed by atoms with Gasteiger partial charge in [0.1, 0.15) is 5.84 Å². The van der Waals surface area contributed by atoms with Gasteiger partial charge in [-0.15, -0.1) is 0 Å². The minimum atomic E-state index is 0.239. The molecule has 0 atom stereocenters. The molecule has 0 fully saturated rings. The predicted octanol–water partition coefficient (Wildman–Crippen LogP) is 4.48. The Balaban J connectivity index is 3.19. The van der Waals surface area contributed by atoms with Crippen LogP contribution in [-0.2, 0) is 0 Å². The van der Waals surface area contributed by atoms with E-state index in [2.05, 4.69) is 63.2 Å². The first kappa shape index (κ1) is 18.6. The maximum absolute atomic E-state index is 5.99. The summed E-state index contributed by atoms with van der Waals surface area (Å²) < 4.78 is 0. The number of hydrogen-bond donors (Lipinski definition) is 2. The van der Waals surface area contributed by atoms with Crippen LogP contribution in [0, 0.1) is 0 Å². The first-order chi connectivity index (χ1) is 10.3. The summed E-state index contributed by atoms with van der Waals surface area (Å²) in [5, 5.41) is 7.63. The van der Waals surface area contributed by atoms with Crippen molar-refractivity contribution in [3.63, 3.8) is 0 Å². The van der Waals surface area contributed by atoms with Gasteiger partial charge in [-0.05, 0) is 59.2 Å². The Hall–Kier alpha value is -1.48. The van der Waals surface area contributed by atoms with Gasteiger partial charge in [-0.3, -0.25) is 4.99 Å². The third kappa shape index (κ3) is 6.99. The zero-order valence-electron chi connectivity index (χ0n) is 14.4. The summed E-state index contributed by atoms with van der Waals surface area (Å²) in [6, 6.07) is 8.75. The number of aliphatic imine (C=N–C) groups is 1. The number of nitrogens with zero attached hydrogens (tertiary/aromatic N) is 1. The molecule has 0 unspecified atom stereocenters. The second kappa shape index (κ2) is 8.84. The topological polar surface area (TPSA) is 36.4 Å². The lowest BCUT2D eigenvalue weighted by atomic mass is 10.1. The average molecular weight is 322 g/mol. The van der Waals surface area contributed by atoms with Crippen molar-refractivity contribution in [1.29, 1.82) is 0 Å². The van der Waals surface area contributed by atoms with E-state index in [1.54, 1.807) is 0 Å². The molecule has 1 aromatic carbocycles. The Morgan fingerprint density at radius 1 is 0.955 bits per heavy atom. The number of nitrogens with one attached hydrogen (secondary N) is 2. The monoisotopic (exact) mass is 321 g/mol. The number of hydrogen-bond acceptors (Lipinski definition) is 2. The van der Waals surface area contributed by atoms with Crippen molar-refractivity contribution in [3.8, 4) is 0 Å². The third-order valence-corrected chi connectivity index (χ3v) is 2.97. The van der Waals surface area contributed by atoms with E-state index >= 15 is 0 Å². The van der Waals surface area contributed by atoms with E-state index in [0.29, 0.717) is 12.1 Å². The van der Waals surface area contributed by atoms with Crippen LogP contribution in [0.3, 0.4) is 0 Å². The van der Waals surface area contributed by atoms with Crippen LogP contribution in [0.25, 0.3) is 5.70 Å². The summed E-state index contributed by atoms with van der Waals surface area (Å²) in [7, 11) is 0. The number of benzene rings is 1. The minimum Gasteiger partial charge on any atom is -0.382 e. The van der Waals surface area contributed by atoms with Crippen LogP contribution >= 0.6 is 11.6 Å². The average Bonchev–Trinajstić information content (AvgIpc) is 2.36. The van der Waals surface area contributed by atoms with Crippen LogP contribution in [0.15, 0.2) is 35.3 Å². The summed E-state index contributed by atoms with van der Waals surface area (Å²) in [5.41, 5.74) is 2.14. The normalized spacial score (nSPS) is 13.2. The molecule has 122 valence electrons. The van der Waals surface area contributed by atoms with E-state index in [-0.39, 0.29) is 6.04 Å². The van der Waals surface area contributed by atoms with Gasteiger partial charge in [0.25, 0.3) is 0 Å². The van der Waals surface area contributed by atoms with Gasteiger partial charge in [0, 0.05) is 34.9 Å². The highest BCUT2D eigenvalue weighted by Gasteiger charge is 2.07. The molecule has 0 heterocycles. The Bertz CT molecular complexity index is 514. The van der Waals surface area contributed by atoms with Gasteiger partial charge in [-0.25, -0.2) is 0 Å². The fraction of sp³-hybridized carbons (Fsp3) is 0.500. The molecule has 0 radical (unpaired) electrons. The lowest BCUT2D eigenvalue weighted by Crippen LogP contribution is -2.31. The predicted molar refractivity (Wildman–Crippen MR) is 98.5 cm³/mol. The van der Waals surface area contributed by atoms with Crippen LogP contribution < -0.4 is 10.6 Å². The second-order valence-corrected chi connectivity index (χ2v) is 6.71. The maximum atomic E-state index is 5.99. The Labute approximate surface area is 139 Å². The lowest BCUT2D eigenvalue weighted by Gasteiger charge is -2.17. The third-order valence-electron chi connectivity index (χ3n) is 2.71. The Kier molecular flexibility index (Phi) is 7.46. The summed E-state index contributed by atoms with van der Waals surface area (Å²) in [6.07, 6.45) is 2.07. The van der Waals surface area contributed by atoms with Crippen LogP contribution in [0.4, 0.5) is 0 Å². The molecule has 0 saturated heterocycles. The van der Waals surface area contributed by atoms with Gasteiger partial charge in [-0.1, -0.05) is 23.7 Å². The standard InChI is InChI=1S/C18H28ClN3/c1-12(2)20-17(15-7-9-16(19)10-8-15)11-18(21-13(3)4)22-14(5)6/h7-14,20H,1-6H3,(H,21,22)/b17-11-. The minimum absolute atomic E-state index is 0.239. The summed E-state index contributed by atoms with van der Waals surface area (Å²) in [5.74, 6) is 0.892. The molecule has 0 aromatic heterocycles. The van der Waals surface area contributed by atoms with Crippen molar-refractivity contribution >= 4 is 23.1 Å². The molecule has 0 aliphatic rings. The smallest absolute Gasteiger partial charge is 0.123 e. The lowest BCUT2D eigenvalue weighted by molar-refractivity contribution is 0.711. The Morgan fingerprint density at radius 3 is 1.95 bits per heavy atom. The Morgan fingerprint density at radius 2 is 1.50 bits per heavy atom. The van der Waals surface area contributed by atoms with E-state index in [9.17, 15) is 0 Å². The highest BCUT2D eigenvalue weighted by Crippen LogP contribution is 2.16. The number of halogens is 1. The van der Waals surface area contributed by atoms with Gasteiger partial charge < -0.3 is 10.6 Å².